The fourth-order valence-electron chi connectivity index (χ4n) is 2.29. The minimum absolute atomic E-state index is 0.110. The Morgan fingerprint density at radius 2 is 2.21 bits per heavy atom. The highest BCUT2D eigenvalue weighted by atomic mass is 32.2. The molecular formula is C13H25N3O2S. The van der Waals surface area contributed by atoms with E-state index in [4.69, 9.17) is 0 Å². The van der Waals surface area contributed by atoms with Crippen molar-refractivity contribution in [2.45, 2.75) is 44.7 Å². The largest absolute Gasteiger partial charge is 0.302 e. The van der Waals surface area contributed by atoms with Gasteiger partial charge in [0.05, 0.1) is 17.6 Å². The van der Waals surface area contributed by atoms with Crippen LogP contribution in [0.25, 0.3) is 0 Å². The van der Waals surface area contributed by atoms with Crippen LogP contribution in [0, 0.1) is 11.3 Å². The summed E-state index contributed by atoms with van der Waals surface area (Å²) in [7, 11) is -0.889. The summed E-state index contributed by atoms with van der Waals surface area (Å²) in [6.45, 7) is 5.54. The fourth-order valence-corrected chi connectivity index (χ4v) is 4.10. The van der Waals surface area contributed by atoms with Crippen LogP contribution in [-0.2, 0) is 9.84 Å². The first kappa shape index (κ1) is 16.4. The lowest BCUT2D eigenvalue weighted by Crippen LogP contribution is -2.45. The maximum atomic E-state index is 11.5. The Balaban J connectivity index is 2.45. The molecule has 1 aliphatic heterocycles. The zero-order chi connectivity index (χ0) is 14.5. The van der Waals surface area contributed by atoms with E-state index in [0.717, 1.165) is 19.5 Å². The molecule has 0 aromatic rings. The van der Waals surface area contributed by atoms with Crippen LogP contribution in [0.15, 0.2) is 0 Å². The molecule has 5 nitrogen and oxygen atoms in total. The predicted octanol–water partition coefficient (Wildman–Crippen LogP) is 0.777. The van der Waals surface area contributed by atoms with E-state index < -0.39 is 15.4 Å². The maximum Gasteiger partial charge on any atom is 0.151 e. The van der Waals surface area contributed by atoms with Gasteiger partial charge in [0.25, 0.3) is 0 Å². The number of hydrogen-bond acceptors (Lipinski definition) is 5. The summed E-state index contributed by atoms with van der Waals surface area (Å²) >= 11 is 0. The van der Waals surface area contributed by atoms with Crippen molar-refractivity contribution < 1.29 is 8.42 Å². The first-order valence-corrected chi connectivity index (χ1v) is 8.71. The molecule has 1 aliphatic rings. The average Bonchev–Trinajstić information content (AvgIpc) is 2.74. The van der Waals surface area contributed by atoms with Crippen LogP contribution in [0.4, 0.5) is 0 Å². The van der Waals surface area contributed by atoms with Gasteiger partial charge >= 0.3 is 0 Å². The third-order valence-corrected chi connectivity index (χ3v) is 5.56. The molecule has 1 heterocycles. The van der Waals surface area contributed by atoms with Gasteiger partial charge < -0.3 is 4.90 Å². The van der Waals surface area contributed by atoms with Crippen molar-refractivity contribution in [3.05, 3.63) is 0 Å². The van der Waals surface area contributed by atoms with Crippen LogP contribution in [-0.4, -0.2) is 56.5 Å². The minimum atomic E-state index is -2.84. The van der Waals surface area contributed by atoms with E-state index in [1.54, 1.807) is 0 Å². The molecule has 2 atom stereocenters. The Morgan fingerprint density at radius 3 is 2.68 bits per heavy atom. The second kappa shape index (κ2) is 6.69. The number of sulfone groups is 1. The van der Waals surface area contributed by atoms with E-state index in [1.807, 2.05) is 14.0 Å². The molecule has 1 saturated heterocycles. The monoisotopic (exact) mass is 287 g/mol. The highest BCUT2D eigenvalue weighted by molar-refractivity contribution is 7.91. The summed E-state index contributed by atoms with van der Waals surface area (Å²) in [4.78, 5) is 2.08. The molecule has 1 rings (SSSR count). The first-order valence-electron chi connectivity index (χ1n) is 6.89. The van der Waals surface area contributed by atoms with Crippen LogP contribution < -0.4 is 5.32 Å². The van der Waals surface area contributed by atoms with E-state index in [1.165, 1.54) is 0 Å². The van der Waals surface area contributed by atoms with Crippen molar-refractivity contribution in [1.29, 1.82) is 5.26 Å². The van der Waals surface area contributed by atoms with Gasteiger partial charge in [0.1, 0.15) is 5.54 Å². The molecule has 0 radical (unpaired) electrons. The van der Waals surface area contributed by atoms with Crippen LogP contribution in [0.3, 0.4) is 0 Å². The Hall–Kier alpha value is -0.640. The zero-order valence-corrected chi connectivity index (χ0v) is 13.0. The second-order valence-corrected chi connectivity index (χ2v) is 7.89. The molecule has 0 amide bonds. The average molecular weight is 287 g/mol. The van der Waals surface area contributed by atoms with E-state index >= 15 is 0 Å². The quantitative estimate of drug-likeness (QED) is 0.749. The SMILES string of the molecule is CCCNC(C)(C#N)CCN(C)C1CCS(=O)(=O)C1. The summed E-state index contributed by atoms with van der Waals surface area (Å²) in [6, 6.07) is 2.43. The van der Waals surface area contributed by atoms with Gasteiger partial charge in [-0.25, -0.2) is 8.42 Å². The molecule has 1 fully saturated rings. The number of hydrogen-bond donors (Lipinski definition) is 1. The van der Waals surface area contributed by atoms with Crippen molar-refractivity contribution in [3.63, 3.8) is 0 Å². The van der Waals surface area contributed by atoms with Crippen molar-refractivity contribution >= 4 is 9.84 Å². The normalized spacial score (nSPS) is 25.1. The van der Waals surface area contributed by atoms with E-state index in [-0.39, 0.29) is 11.8 Å². The molecule has 0 spiro atoms. The molecule has 2 unspecified atom stereocenters. The maximum absolute atomic E-state index is 11.5. The third-order valence-electron chi connectivity index (χ3n) is 3.81. The van der Waals surface area contributed by atoms with Gasteiger partial charge in [0.15, 0.2) is 9.84 Å². The third kappa shape index (κ3) is 5.09. The number of nitrogens with zero attached hydrogens (tertiary/aromatic N) is 2. The minimum Gasteiger partial charge on any atom is -0.302 e. The van der Waals surface area contributed by atoms with Gasteiger partial charge in [0, 0.05) is 12.6 Å². The van der Waals surface area contributed by atoms with Gasteiger partial charge in [-0.05, 0) is 39.8 Å². The standard InChI is InChI=1S/C13H25N3O2S/c1-4-7-15-13(2,11-14)6-8-16(3)12-5-9-19(17,18)10-12/h12,15H,4-10H2,1-3H3. The summed E-state index contributed by atoms with van der Waals surface area (Å²) < 4.78 is 22.9. The van der Waals surface area contributed by atoms with Crippen LogP contribution in [0.2, 0.25) is 0 Å². The van der Waals surface area contributed by atoms with Crippen LogP contribution >= 0.6 is 0 Å². The van der Waals surface area contributed by atoms with E-state index in [0.29, 0.717) is 18.6 Å². The highest BCUT2D eigenvalue weighted by Gasteiger charge is 2.31. The number of rotatable bonds is 7. The van der Waals surface area contributed by atoms with Gasteiger partial charge in [-0.3, -0.25) is 5.32 Å². The Labute approximate surface area is 116 Å². The molecule has 19 heavy (non-hydrogen) atoms. The van der Waals surface area contributed by atoms with E-state index in [2.05, 4.69) is 23.2 Å². The van der Waals surface area contributed by atoms with Crippen molar-refractivity contribution in [3.8, 4) is 6.07 Å². The lowest BCUT2D eigenvalue weighted by atomic mass is 9.99. The van der Waals surface area contributed by atoms with Crippen molar-refractivity contribution in [2.75, 3.05) is 31.6 Å². The zero-order valence-electron chi connectivity index (χ0n) is 12.1. The molecule has 6 heteroatoms. The van der Waals surface area contributed by atoms with Crippen LogP contribution in [0.1, 0.15) is 33.1 Å². The summed E-state index contributed by atoms with van der Waals surface area (Å²) in [5.41, 5.74) is -0.526. The number of nitrogens with one attached hydrogen (secondary N) is 1. The first-order chi connectivity index (χ1) is 8.82. The van der Waals surface area contributed by atoms with Crippen LogP contribution in [0.5, 0.6) is 0 Å². The highest BCUT2D eigenvalue weighted by Crippen LogP contribution is 2.18. The van der Waals surface area contributed by atoms with Gasteiger partial charge in [-0.1, -0.05) is 6.92 Å². The molecule has 0 saturated carbocycles. The Morgan fingerprint density at radius 1 is 1.53 bits per heavy atom. The summed E-state index contributed by atoms with van der Waals surface area (Å²) in [5, 5.41) is 12.5. The second-order valence-electron chi connectivity index (χ2n) is 5.66. The molecule has 1 N–H and O–H groups in total. The lowest BCUT2D eigenvalue weighted by molar-refractivity contribution is 0.235. The van der Waals surface area contributed by atoms with Gasteiger partial charge in [0.2, 0.25) is 0 Å². The van der Waals surface area contributed by atoms with Gasteiger partial charge in [-0.15, -0.1) is 0 Å². The molecule has 0 aromatic carbocycles. The molecule has 0 aliphatic carbocycles. The van der Waals surface area contributed by atoms with Crippen molar-refractivity contribution in [1.82, 2.24) is 10.2 Å². The molecular weight excluding hydrogens is 262 g/mol. The summed E-state index contributed by atoms with van der Waals surface area (Å²) in [6.07, 6.45) is 2.41. The number of nitriles is 1. The Bertz CT molecular complexity index is 430. The predicted molar refractivity (Wildman–Crippen MR) is 76.6 cm³/mol. The molecule has 0 aromatic heterocycles. The Kier molecular flexibility index (Phi) is 5.78. The molecule has 110 valence electrons. The van der Waals surface area contributed by atoms with Gasteiger partial charge in [-0.2, -0.15) is 5.26 Å². The van der Waals surface area contributed by atoms with E-state index in [9.17, 15) is 13.7 Å². The smallest absolute Gasteiger partial charge is 0.151 e. The lowest BCUT2D eigenvalue weighted by Gasteiger charge is -2.28. The van der Waals surface area contributed by atoms with Crippen molar-refractivity contribution in [2.24, 2.45) is 0 Å². The topological polar surface area (TPSA) is 73.2 Å². The molecule has 0 bridgehead atoms. The summed E-state index contributed by atoms with van der Waals surface area (Å²) in [5.74, 6) is 0.556. The fraction of sp³-hybridized carbons (Fsp3) is 0.923.